The quantitative estimate of drug-likeness (QED) is 0.775. The van der Waals surface area contributed by atoms with E-state index in [1.807, 2.05) is 32.0 Å². The minimum absolute atomic E-state index is 0.284. The molecule has 2 rings (SSSR count). The fourth-order valence-corrected chi connectivity index (χ4v) is 1.77. The molecule has 92 valence electrons. The van der Waals surface area contributed by atoms with Crippen LogP contribution in [0.3, 0.4) is 0 Å². The Morgan fingerprint density at radius 3 is 2.61 bits per heavy atom. The van der Waals surface area contributed by atoms with Gasteiger partial charge in [0.15, 0.2) is 0 Å². The van der Waals surface area contributed by atoms with E-state index in [-0.39, 0.29) is 5.91 Å². The van der Waals surface area contributed by atoms with Crippen LogP contribution in [0.1, 0.15) is 21.5 Å². The van der Waals surface area contributed by atoms with Crippen molar-refractivity contribution in [2.45, 2.75) is 13.8 Å². The van der Waals surface area contributed by atoms with Crippen LogP contribution in [0.15, 0.2) is 42.7 Å². The van der Waals surface area contributed by atoms with Crippen molar-refractivity contribution in [3.63, 3.8) is 0 Å². The summed E-state index contributed by atoms with van der Waals surface area (Å²) >= 11 is 6.07. The minimum atomic E-state index is -0.284. The van der Waals surface area contributed by atoms with Crippen LogP contribution < -0.4 is 4.42 Å². The molecule has 0 N–H and O–H groups in total. The topological polar surface area (TPSA) is 33.2 Å². The maximum Gasteiger partial charge on any atom is 0.274 e. The molecule has 2 aromatic rings. The molecule has 1 amide bonds. The van der Waals surface area contributed by atoms with Crippen molar-refractivity contribution in [1.29, 1.82) is 0 Å². The second-order valence-electron chi connectivity index (χ2n) is 4.10. The van der Waals surface area contributed by atoms with Crippen LogP contribution in [0.5, 0.6) is 0 Å². The predicted octanol–water partition coefficient (Wildman–Crippen LogP) is 3.50. The Bertz CT molecular complexity index is 569. The average Bonchev–Trinajstić information content (AvgIpc) is 2.41. The first-order chi connectivity index (χ1) is 8.59. The zero-order valence-electron chi connectivity index (χ0n) is 10.2. The summed E-state index contributed by atoms with van der Waals surface area (Å²) in [5, 5.41) is 0. The van der Waals surface area contributed by atoms with Gasteiger partial charge in [0, 0.05) is 24.2 Å². The van der Waals surface area contributed by atoms with E-state index in [4.69, 9.17) is 11.8 Å². The lowest BCUT2D eigenvalue weighted by Gasteiger charge is -2.15. The van der Waals surface area contributed by atoms with Crippen molar-refractivity contribution in [2.75, 3.05) is 4.42 Å². The van der Waals surface area contributed by atoms with E-state index in [0.717, 1.165) is 15.5 Å². The highest BCUT2D eigenvalue weighted by molar-refractivity contribution is 6.39. The highest BCUT2D eigenvalue weighted by Gasteiger charge is 2.16. The van der Waals surface area contributed by atoms with E-state index < -0.39 is 0 Å². The van der Waals surface area contributed by atoms with E-state index in [0.29, 0.717) is 11.3 Å². The molecule has 1 heterocycles. The van der Waals surface area contributed by atoms with Crippen LogP contribution in [0.25, 0.3) is 0 Å². The highest BCUT2D eigenvalue weighted by atomic mass is 35.5. The third-order valence-electron chi connectivity index (χ3n) is 2.80. The van der Waals surface area contributed by atoms with Gasteiger partial charge in [0.25, 0.3) is 5.91 Å². The van der Waals surface area contributed by atoms with Crippen LogP contribution >= 0.6 is 11.8 Å². The Hall–Kier alpha value is -1.87. The maximum absolute atomic E-state index is 12.1. The number of pyridine rings is 1. The molecule has 0 saturated heterocycles. The molecule has 0 bridgehead atoms. The van der Waals surface area contributed by atoms with Gasteiger partial charge in [-0.25, -0.2) is 4.42 Å². The number of amides is 1. The van der Waals surface area contributed by atoms with Gasteiger partial charge in [-0.2, -0.15) is 0 Å². The second-order valence-corrected chi connectivity index (χ2v) is 4.43. The summed E-state index contributed by atoms with van der Waals surface area (Å²) in [6.07, 6.45) is 3.12. The Morgan fingerprint density at radius 1 is 1.22 bits per heavy atom. The van der Waals surface area contributed by atoms with Gasteiger partial charge in [-0.3, -0.25) is 9.78 Å². The van der Waals surface area contributed by atoms with Gasteiger partial charge >= 0.3 is 0 Å². The Labute approximate surface area is 111 Å². The van der Waals surface area contributed by atoms with Crippen LogP contribution in [0, 0.1) is 13.8 Å². The van der Waals surface area contributed by atoms with Crippen molar-refractivity contribution in [3.8, 4) is 0 Å². The molecule has 0 aliphatic carbocycles. The monoisotopic (exact) mass is 260 g/mol. The van der Waals surface area contributed by atoms with E-state index in [1.54, 1.807) is 18.3 Å². The predicted molar refractivity (Wildman–Crippen MR) is 72.8 cm³/mol. The molecule has 0 spiro atoms. The third kappa shape index (κ3) is 2.51. The summed E-state index contributed by atoms with van der Waals surface area (Å²) in [4.78, 5) is 16.0. The summed E-state index contributed by atoms with van der Waals surface area (Å²) in [7, 11) is 0. The summed E-state index contributed by atoms with van der Waals surface area (Å²) in [5.74, 6) is -0.284. The summed E-state index contributed by atoms with van der Waals surface area (Å²) in [6, 6.07) is 9.04. The number of benzene rings is 1. The Balaban J connectivity index is 2.28. The summed E-state index contributed by atoms with van der Waals surface area (Å²) in [5.41, 5.74) is 3.38. The van der Waals surface area contributed by atoms with Crippen LogP contribution in [0.2, 0.25) is 0 Å². The second kappa shape index (κ2) is 5.19. The number of nitrogens with zero attached hydrogens (tertiary/aromatic N) is 2. The maximum atomic E-state index is 12.1. The molecule has 18 heavy (non-hydrogen) atoms. The Kier molecular flexibility index (Phi) is 3.63. The molecular weight excluding hydrogens is 248 g/mol. The molecular formula is C14H13ClN2O. The standard InChI is InChI=1S/C14H13ClN2O/c1-10-5-6-13(8-11(10)2)17(15)14(18)12-4-3-7-16-9-12/h3-9H,1-2H3. The molecule has 0 aliphatic heterocycles. The van der Waals surface area contributed by atoms with Gasteiger partial charge in [-0.15, -0.1) is 0 Å². The molecule has 4 heteroatoms. The lowest BCUT2D eigenvalue weighted by Crippen LogP contribution is -2.20. The van der Waals surface area contributed by atoms with Crippen molar-refractivity contribution in [3.05, 3.63) is 59.4 Å². The first-order valence-electron chi connectivity index (χ1n) is 5.57. The SMILES string of the molecule is Cc1ccc(N(Cl)C(=O)c2cccnc2)cc1C. The number of carbonyl (C=O) groups excluding carboxylic acids is 1. The lowest BCUT2D eigenvalue weighted by molar-refractivity contribution is 0.100. The number of halogens is 1. The molecule has 0 radical (unpaired) electrons. The van der Waals surface area contributed by atoms with Crippen molar-refractivity contribution in [1.82, 2.24) is 4.98 Å². The fourth-order valence-electron chi connectivity index (χ4n) is 1.57. The summed E-state index contributed by atoms with van der Waals surface area (Å²) in [6.45, 7) is 4.00. The molecule has 0 aliphatic rings. The normalized spacial score (nSPS) is 10.2. The lowest BCUT2D eigenvalue weighted by atomic mass is 10.1. The first-order valence-corrected chi connectivity index (χ1v) is 5.91. The molecule has 0 unspecified atom stereocenters. The Morgan fingerprint density at radius 2 is 2.00 bits per heavy atom. The van der Waals surface area contributed by atoms with E-state index in [9.17, 15) is 4.79 Å². The summed E-state index contributed by atoms with van der Waals surface area (Å²) < 4.78 is 1.11. The van der Waals surface area contributed by atoms with Gasteiger partial charge in [-0.1, -0.05) is 6.07 Å². The number of anilines is 1. The smallest absolute Gasteiger partial charge is 0.267 e. The average molecular weight is 261 g/mol. The van der Waals surface area contributed by atoms with Crippen LogP contribution in [-0.2, 0) is 0 Å². The van der Waals surface area contributed by atoms with Crippen molar-refractivity contribution < 1.29 is 4.79 Å². The zero-order valence-corrected chi connectivity index (χ0v) is 11.0. The third-order valence-corrected chi connectivity index (χ3v) is 3.15. The molecule has 1 aromatic carbocycles. The van der Waals surface area contributed by atoms with Gasteiger partial charge in [0.05, 0.1) is 11.3 Å². The molecule has 0 saturated carbocycles. The first kappa shape index (κ1) is 12.6. The van der Waals surface area contributed by atoms with E-state index in [2.05, 4.69) is 4.98 Å². The molecule has 0 fully saturated rings. The number of aromatic nitrogens is 1. The number of hydrogen-bond acceptors (Lipinski definition) is 2. The van der Waals surface area contributed by atoms with E-state index >= 15 is 0 Å². The van der Waals surface area contributed by atoms with Gasteiger partial charge in [0.2, 0.25) is 0 Å². The van der Waals surface area contributed by atoms with Crippen LogP contribution in [-0.4, -0.2) is 10.9 Å². The van der Waals surface area contributed by atoms with Gasteiger partial charge < -0.3 is 0 Å². The molecule has 3 nitrogen and oxygen atoms in total. The van der Waals surface area contributed by atoms with E-state index in [1.165, 1.54) is 6.20 Å². The van der Waals surface area contributed by atoms with Crippen molar-refractivity contribution >= 4 is 23.4 Å². The molecule has 0 atom stereocenters. The largest absolute Gasteiger partial charge is 0.274 e. The van der Waals surface area contributed by atoms with Crippen molar-refractivity contribution in [2.24, 2.45) is 0 Å². The number of rotatable bonds is 2. The van der Waals surface area contributed by atoms with Crippen LogP contribution in [0.4, 0.5) is 5.69 Å². The van der Waals surface area contributed by atoms with Gasteiger partial charge in [0.1, 0.15) is 0 Å². The highest BCUT2D eigenvalue weighted by Crippen LogP contribution is 2.22. The fraction of sp³-hybridized carbons (Fsp3) is 0.143. The number of carbonyl (C=O) groups is 1. The number of hydrogen-bond donors (Lipinski definition) is 0. The minimum Gasteiger partial charge on any atom is -0.267 e. The van der Waals surface area contributed by atoms with Gasteiger partial charge in [-0.05, 0) is 49.2 Å². The number of aryl methyl sites for hydroxylation is 2. The zero-order chi connectivity index (χ0) is 13.1. The molecule has 1 aromatic heterocycles.